The highest BCUT2D eigenvalue weighted by molar-refractivity contribution is 7.46. The van der Waals surface area contributed by atoms with Crippen LogP contribution in [-0.4, -0.2) is 12.3 Å². The van der Waals surface area contributed by atoms with E-state index in [4.69, 9.17) is 4.52 Å². The quantitative estimate of drug-likeness (QED) is 0.545. The predicted octanol–water partition coefficient (Wildman–Crippen LogP) is 2.71. The molecule has 3 heteroatoms. The van der Waals surface area contributed by atoms with Crippen molar-refractivity contribution in [1.82, 2.24) is 0 Å². The summed E-state index contributed by atoms with van der Waals surface area (Å²) in [5.41, 5.74) is 0. The highest BCUT2D eigenvalue weighted by Gasteiger charge is 2.04. The molecule has 0 radical (unpaired) electrons. The molecule has 0 aliphatic heterocycles. The lowest BCUT2D eigenvalue weighted by Gasteiger charge is -2.07. The minimum atomic E-state index is -1.62. The maximum absolute atomic E-state index is 12.2. The second-order valence-corrected chi connectivity index (χ2v) is 3.27. The van der Waals surface area contributed by atoms with Crippen LogP contribution in [0.3, 0.4) is 0 Å². The Morgan fingerprint density at radius 1 is 1.62 bits per heavy atom. The number of hydrogen-bond acceptors (Lipinski definition) is 1. The van der Waals surface area contributed by atoms with Gasteiger partial charge in [0.1, 0.15) is 0 Å². The van der Waals surface area contributed by atoms with Crippen LogP contribution < -0.4 is 0 Å². The largest absolute Gasteiger partial charge is 0.328 e. The van der Waals surface area contributed by atoms with Crippen LogP contribution in [0.15, 0.2) is 0 Å². The summed E-state index contributed by atoms with van der Waals surface area (Å²) < 4.78 is 17.0. The van der Waals surface area contributed by atoms with Crippen molar-refractivity contribution in [3.8, 4) is 0 Å². The van der Waals surface area contributed by atoms with E-state index in [0.717, 1.165) is 0 Å². The van der Waals surface area contributed by atoms with E-state index in [-0.39, 0.29) is 6.10 Å². The molecule has 0 rings (SSSR count). The minimum absolute atomic E-state index is 0.0334. The molecule has 0 aromatic carbocycles. The molecular formula is C5H12FOP. The van der Waals surface area contributed by atoms with Crippen molar-refractivity contribution >= 4 is 8.46 Å². The van der Waals surface area contributed by atoms with Gasteiger partial charge in [0.15, 0.2) is 0 Å². The van der Waals surface area contributed by atoms with Crippen LogP contribution in [0.2, 0.25) is 0 Å². The zero-order valence-electron chi connectivity index (χ0n) is 5.52. The molecular weight excluding hydrogens is 126 g/mol. The Morgan fingerprint density at radius 2 is 2.12 bits per heavy atom. The molecule has 8 heavy (non-hydrogen) atoms. The molecule has 0 aromatic rings. The van der Waals surface area contributed by atoms with E-state index >= 15 is 0 Å². The normalized spacial score (nSPS) is 14.6. The average Bonchev–Trinajstić information content (AvgIpc) is 1.65. The molecule has 0 fully saturated rings. The lowest BCUT2D eigenvalue weighted by Crippen LogP contribution is -1.95. The van der Waals surface area contributed by atoms with Gasteiger partial charge in [-0.05, 0) is 13.8 Å². The van der Waals surface area contributed by atoms with Gasteiger partial charge in [-0.15, -0.1) is 0 Å². The van der Waals surface area contributed by atoms with Gasteiger partial charge in [0, 0.05) is 6.16 Å². The molecule has 0 spiro atoms. The van der Waals surface area contributed by atoms with E-state index in [2.05, 4.69) is 0 Å². The van der Waals surface area contributed by atoms with Crippen molar-refractivity contribution in [2.24, 2.45) is 0 Å². The topological polar surface area (TPSA) is 9.23 Å². The van der Waals surface area contributed by atoms with E-state index in [1.165, 1.54) is 0 Å². The first-order chi connectivity index (χ1) is 3.66. The minimum Gasteiger partial charge on any atom is -0.328 e. The molecule has 0 saturated heterocycles. The van der Waals surface area contributed by atoms with Crippen molar-refractivity contribution in [2.75, 3.05) is 6.16 Å². The van der Waals surface area contributed by atoms with Gasteiger partial charge in [-0.3, -0.25) is 0 Å². The fraction of sp³-hybridized carbons (Fsp3) is 1.00. The third-order valence-corrected chi connectivity index (χ3v) is 1.72. The summed E-state index contributed by atoms with van der Waals surface area (Å²) in [5, 5.41) is 0. The Bertz CT molecular complexity index is 58.4. The fourth-order valence-electron chi connectivity index (χ4n) is 0.303. The summed E-state index contributed by atoms with van der Waals surface area (Å²) in [5.74, 6) is 0. The second kappa shape index (κ2) is 4.22. The van der Waals surface area contributed by atoms with Gasteiger partial charge < -0.3 is 4.52 Å². The van der Waals surface area contributed by atoms with Gasteiger partial charge in [0.25, 0.3) is 0 Å². The van der Waals surface area contributed by atoms with Gasteiger partial charge in [-0.25, -0.2) is 0 Å². The Kier molecular flexibility index (Phi) is 4.39. The predicted molar refractivity (Wildman–Crippen MR) is 34.8 cm³/mol. The molecule has 0 amide bonds. The van der Waals surface area contributed by atoms with Gasteiger partial charge in [-0.2, -0.15) is 4.20 Å². The van der Waals surface area contributed by atoms with Crippen molar-refractivity contribution in [3.63, 3.8) is 0 Å². The van der Waals surface area contributed by atoms with Gasteiger partial charge in [0.05, 0.1) is 6.10 Å². The van der Waals surface area contributed by atoms with E-state index in [1.54, 1.807) is 6.92 Å². The second-order valence-electron chi connectivity index (χ2n) is 1.79. The zero-order chi connectivity index (χ0) is 6.57. The van der Waals surface area contributed by atoms with Crippen molar-refractivity contribution < 1.29 is 8.72 Å². The first kappa shape index (κ1) is 8.32. The lowest BCUT2D eigenvalue weighted by molar-refractivity contribution is 0.256. The maximum atomic E-state index is 12.2. The Balaban J connectivity index is 3.10. The van der Waals surface area contributed by atoms with E-state index in [1.807, 2.05) is 13.8 Å². The molecule has 1 unspecified atom stereocenters. The molecule has 1 nitrogen and oxygen atoms in total. The molecule has 0 aromatic heterocycles. The summed E-state index contributed by atoms with van der Waals surface area (Å²) >= 11 is 0. The van der Waals surface area contributed by atoms with E-state index in [0.29, 0.717) is 6.16 Å². The zero-order valence-corrected chi connectivity index (χ0v) is 6.41. The van der Waals surface area contributed by atoms with Crippen LogP contribution in [0, 0.1) is 0 Å². The highest BCUT2D eigenvalue weighted by Crippen LogP contribution is 2.38. The van der Waals surface area contributed by atoms with Crippen LogP contribution >= 0.6 is 8.46 Å². The summed E-state index contributed by atoms with van der Waals surface area (Å²) in [4.78, 5) is 0. The Hall–Kier alpha value is 0.320. The van der Waals surface area contributed by atoms with Crippen molar-refractivity contribution in [1.29, 1.82) is 0 Å². The van der Waals surface area contributed by atoms with Crippen LogP contribution in [0.25, 0.3) is 0 Å². The van der Waals surface area contributed by atoms with Crippen LogP contribution in [-0.2, 0) is 4.52 Å². The molecule has 0 aliphatic carbocycles. The smallest absolute Gasteiger partial charge is 0.220 e. The number of hydrogen-bond donors (Lipinski definition) is 0. The number of halogens is 1. The first-order valence-electron chi connectivity index (χ1n) is 2.77. The molecule has 1 atom stereocenters. The van der Waals surface area contributed by atoms with E-state index < -0.39 is 8.46 Å². The molecule has 50 valence electrons. The van der Waals surface area contributed by atoms with Crippen molar-refractivity contribution in [3.05, 3.63) is 0 Å². The maximum Gasteiger partial charge on any atom is 0.220 e. The standard InChI is InChI=1S/C5H12FOP/c1-4-8(6)7-5(2)3/h5H,4H2,1-3H3. The van der Waals surface area contributed by atoms with Crippen LogP contribution in [0.4, 0.5) is 4.20 Å². The lowest BCUT2D eigenvalue weighted by atomic mass is 10.5. The molecule has 0 bridgehead atoms. The monoisotopic (exact) mass is 138 g/mol. The molecule has 0 heterocycles. The third-order valence-electron chi connectivity index (χ3n) is 0.574. The summed E-state index contributed by atoms with van der Waals surface area (Å²) in [6.07, 6.45) is 0.541. The SMILES string of the molecule is CCP(F)OC(C)C. The highest BCUT2D eigenvalue weighted by atomic mass is 31.2. The molecule has 0 saturated carbocycles. The first-order valence-corrected chi connectivity index (χ1v) is 4.10. The van der Waals surface area contributed by atoms with Crippen LogP contribution in [0.1, 0.15) is 20.8 Å². The number of rotatable bonds is 3. The van der Waals surface area contributed by atoms with Crippen molar-refractivity contribution in [2.45, 2.75) is 26.9 Å². The van der Waals surface area contributed by atoms with E-state index in [9.17, 15) is 4.20 Å². The summed E-state index contributed by atoms with van der Waals surface area (Å²) in [6.45, 7) is 5.46. The van der Waals surface area contributed by atoms with Crippen LogP contribution in [0.5, 0.6) is 0 Å². The third kappa shape index (κ3) is 4.48. The average molecular weight is 138 g/mol. The summed E-state index contributed by atoms with van der Waals surface area (Å²) in [6, 6.07) is 0. The van der Waals surface area contributed by atoms with Gasteiger partial charge >= 0.3 is 0 Å². The molecule has 0 aliphatic rings. The Morgan fingerprint density at radius 3 is 2.25 bits per heavy atom. The fourth-order valence-corrected chi connectivity index (χ4v) is 0.910. The molecule has 0 N–H and O–H groups in total. The Labute approximate surface area is 51.2 Å². The van der Waals surface area contributed by atoms with Gasteiger partial charge in [-0.1, -0.05) is 6.92 Å². The summed E-state index contributed by atoms with van der Waals surface area (Å²) in [7, 11) is -1.62. The van der Waals surface area contributed by atoms with Gasteiger partial charge in [0.2, 0.25) is 8.46 Å².